The Kier molecular flexibility index (Phi) is 4.19. The van der Waals surface area contributed by atoms with Gasteiger partial charge in [-0.2, -0.15) is 0 Å². The van der Waals surface area contributed by atoms with Crippen LogP contribution in [0.15, 0.2) is 42.7 Å². The van der Waals surface area contributed by atoms with Crippen LogP contribution in [0.4, 0.5) is 0 Å². The largest absolute Gasteiger partial charge is 0.423 e. The number of benzene rings is 1. The zero-order valence-electron chi connectivity index (χ0n) is 11.9. The molecule has 3 nitrogen and oxygen atoms in total. The summed E-state index contributed by atoms with van der Waals surface area (Å²) in [7, 11) is 0. The van der Waals surface area contributed by atoms with Crippen molar-refractivity contribution in [3.05, 3.63) is 53.3 Å². The van der Waals surface area contributed by atoms with Gasteiger partial charge in [-0.25, -0.2) is 0 Å². The first-order valence-corrected chi connectivity index (χ1v) is 6.85. The predicted molar refractivity (Wildman–Crippen MR) is 80.1 cm³/mol. The lowest BCUT2D eigenvalue weighted by atomic mass is 9.97. The Morgan fingerprint density at radius 3 is 2.45 bits per heavy atom. The van der Waals surface area contributed by atoms with Crippen molar-refractivity contribution in [1.29, 1.82) is 0 Å². The molecule has 0 saturated carbocycles. The number of nitrogens with zero attached hydrogens (tertiary/aromatic N) is 1. The first-order valence-electron chi connectivity index (χ1n) is 6.48. The maximum absolute atomic E-state index is 11.9. The molecule has 0 bridgehead atoms. The Morgan fingerprint density at radius 1 is 1.20 bits per heavy atom. The van der Waals surface area contributed by atoms with E-state index in [-0.39, 0.29) is 5.97 Å². The minimum absolute atomic E-state index is 0.295. The number of esters is 1. The van der Waals surface area contributed by atoms with Crippen LogP contribution in [0.1, 0.15) is 26.3 Å². The van der Waals surface area contributed by atoms with Crippen molar-refractivity contribution in [3.8, 4) is 5.75 Å². The predicted octanol–water partition coefficient (Wildman–Crippen LogP) is 4.14. The maximum atomic E-state index is 11.9. The van der Waals surface area contributed by atoms with E-state index in [9.17, 15) is 4.79 Å². The summed E-state index contributed by atoms with van der Waals surface area (Å²) in [4.78, 5) is 11.9. The summed E-state index contributed by atoms with van der Waals surface area (Å²) in [6.07, 6.45) is 3.51. The van der Waals surface area contributed by atoms with Crippen LogP contribution in [0.5, 0.6) is 5.75 Å². The molecule has 0 amide bonds. The number of carbonyl (C=O) groups excluding carboxylic acids is 1. The van der Waals surface area contributed by atoms with Crippen LogP contribution in [0.3, 0.4) is 0 Å². The average Bonchev–Trinajstić information content (AvgIpc) is 2.69. The van der Waals surface area contributed by atoms with Crippen LogP contribution >= 0.6 is 11.6 Å². The molecule has 106 valence electrons. The number of halogens is 1. The summed E-state index contributed by atoms with van der Waals surface area (Å²) >= 11 is 6.11. The lowest BCUT2D eigenvalue weighted by Gasteiger charge is -2.15. The fraction of sp³-hybridized carbons (Fsp3) is 0.312. The van der Waals surface area contributed by atoms with E-state index in [1.54, 1.807) is 12.4 Å². The first-order chi connectivity index (χ1) is 9.36. The third kappa shape index (κ3) is 3.64. The highest BCUT2D eigenvalue weighted by molar-refractivity contribution is 6.32. The van der Waals surface area contributed by atoms with Gasteiger partial charge in [-0.05, 0) is 26.3 Å². The van der Waals surface area contributed by atoms with E-state index in [0.29, 0.717) is 17.3 Å². The average molecular weight is 292 g/mol. The molecule has 0 radical (unpaired) electrons. The van der Waals surface area contributed by atoms with Gasteiger partial charge in [0.1, 0.15) is 5.02 Å². The molecule has 0 aliphatic carbocycles. The van der Waals surface area contributed by atoms with E-state index < -0.39 is 5.41 Å². The van der Waals surface area contributed by atoms with Gasteiger partial charge in [0, 0.05) is 18.9 Å². The zero-order chi connectivity index (χ0) is 14.8. The second kappa shape index (κ2) is 5.71. The minimum atomic E-state index is -0.551. The topological polar surface area (TPSA) is 31.2 Å². The molecule has 20 heavy (non-hydrogen) atoms. The maximum Gasteiger partial charge on any atom is 0.316 e. The molecule has 0 aliphatic rings. The van der Waals surface area contributed by atoms with E-state index in [2.05, 4.69) is 0 Å². The monoisotopic (exact) mass is 291 g/mol. The molecule has 0 aliphatic heterocycles. The Morgan fingerprint density at radius 2 is 1.85 bits per heavy atom. The van der Waals surface area contributed by atoms with Crippen molar-refractivity contribution < 1.29 is 9.53 Å². The summed E-state index contributed by atoms with van der Waals surface area (Å²) < 4.78 is 7.24. The summed E-state index contributed by atoms with van der Waals surface area (Å²) in [5.74, 6) is 0.111. The molecule has 2 aromatic rings. The highest BCUT2D eigenvalue weighted by atomic mass is 35.5. The molecular weight excluding hydrogens is 274 g/mol. The standard InChI is InChI=1S/C16H18ClNO2/c1-16(2,3)15(19)20-14-11-18(10-13(14)17)9-12-7-5-4-6-8-12/h4-8,10-11H,9H2,1-3H3. The van der Waals surface area contributed by atoms with Crippen molar-refractivity contribution in [2.24, 2.45) is 5.41 Å². The minimum Gasteiger partial charge on any atom is -0.423 e. The van der Waals surface area contributed by atoms with Gasteiger partial charge < -0.3 is 9.30 Å². The summed E-state index contributed by atoms with van der Waals surface area (Å²) in [6, 6.07) is 10.0. The third-order valence-electron chi connectivity index (χ3n) is 2.82. The molecule has 1 aromatic carbocycles. The van der Waals surface area contributed by atoms with E-state index >= 15 is 0 Å². The normalized spacial score (nSPS) is 11.4. The lowest BCUT2D eigenvalue weighted by molar-refractivity contribution is -0.142. The van der Waals surface area contributed by atoms with Crippen LogP contribution in [-0.4, -0.2) is 10.5 Å². The van der Waals surface area contributed by atoms with E-state index in [1.165, 1.54) is 0 Å². The molecule has 0 N–H and O–H groups in total. The lowest BCUT2D eigenvalue weighted by Crippen LogP contribution is -2.25. The number of hydrogen-bond acceptors (Lipinski definition) is 2. The highest BCUT2D eigenvalue weighted by Crippen LogP contribution is 2.28. The number of carbonyl (C=O) groups is 1. The second-order valence-corrected chi connectivity index (χ2v) is 6.18. The van der Waals surface area contributed by atoms with E-state index in [4.69, 9.17) is 16.3 Å². The third-order valence-corrected chi connectivity index (χ3v) is 3.10. The van der Waals surface area contributed by atoms with Crippen molar-refractivity contribution in [2.75, 3.05) is 0 Å². The van der Waals surface area contributed by atoms with Crippen LogP contribution in [0, 0.1) is 5.41 Å². The summed E-state index contributed by atoms with van der Waals surface area (Å²) in [6.45, 7) is 6.12. The van der Waals surface area contributed by atoms with Gasteiger partial charge in [0.15, 0.2) is 5.75 Å². The molecule has 0 atom stereocenters. The van der Waals surface area contributed by atoms with Gasteiger partial charge in [0.25, 0.3) is 0 Å². The van der Waals surface area contributed by atoms with Crippen molar-refractivity contribution in [3.63, 3.8) is 0 Å². The van der Waals surface area contributed by atoms with Gasteiger partial charge in [-0.1, -0.05) is 41.9 Å². The van der Waals surface area contributed by atoms with Crippen molar-refractivity contribution in [1.82, 2.24) is 4.57 Å². The molecule has 0 saturated heterocycles. The molecule has 1 aromatic heterocycles. The SMILES string of the molecule is CC(C)(C)C(=O)Oc1cn(Cc2ccccc2)cc1Cl. The molecule has 2 rings (SSSR count). The van der Waals surface area contributed by atoms with Crippen molar-refractivity contribution >= 4 is 17.6 Å². The molecule has 1 heterocycles. The molecule has 4 heteroatoms. The Labute approximate surface area is 124 Å². The summed E-state index contributed by atoms with van der Waals surface area (Å²) in [5, 5.41) is 0.443. The van der Waals surface area contributed by atoms with Crippen LogP contribution < -0.4 is 4.74 Å². The second-order valence-electron chi connectivity index (χ2n) is 5.77. The van der Waals surface area contributed by atoms with Crippen molar-refractivity contribution in [2.45, 2.75) is 27.3 Å². The number of aromatic nitrogens is 1. The number of rotatable bonds is 3. The molecule has 0 fully saturated rings. The van der Waals surface area contributed by atoms with E-state index in [0.717, 1.165) is 5.56 Å². The Hall–Kier alpha value is -1.74. The molecule has 0 unspecified atom stereocenters. The number of ether oxygens (including phenoxy) is 1. The zero-order valence-corrected chi connectivity index (χ0v) is 12.6. The van der Waals surface area contributed by atoms with Gasteiger partial charge >= 0.3 is 5.97 Å². The van der Waals surface area contributed by atoms with Gasteiger partial charge in [-0.3, -0.25) is 4.79 Å². The number of hydrogen-bond donors (Lipinski definition) is 0. The Bertz CT molecular complexity index is 597. The van der Waals surface area contributed by atoms with Gasteiger partial charge in [0.05, 0.1) is 5.41 Å². The fourth-order valence-electron chi connectivity index (χ4n) is 1.67. The van der Waals surface area contributed by atoms with E-state index in [1.807, 2.05) is 55.7 Å². The molecular formula is C16H18ClNO2. The van der Waals surface area contributed by atoms with Crippen LogP contribution in [0.2, 0.25) is 5.02 Å². The van der Waals surface area contributed by atoms with Gasteiger partial charge in [0.2, 0.25) is 0 Å². The smallest absolute Gasteiger partial charge is 0.316 e. The van der Waals surface area contributed by atoms with Gasteiger partial charge in [-0.15, -0.1) is 0 Å². The quantitative estimate of drug-likeness (QED) is 0.796. The highest BCUT2D eigenvalue weighted by Gasteiger charge is 2.25. The Balaban J connectivity index is 2.12. The first kappa shape index (κ1) is 14.7. The summed E-state index contributed by atoms with van der Waals surface area (Å²) in [5.41, 5.74) is 0.609. The fourth-order valence-corrected chi connectivity index (χ4v) is 1.89. The molecule has 0 spiro atoms. The van der Waals surface area contributed by atoms with Crippen LogP contribution in [-0.2, 0) is 11.3 Å². The van der Waals surface area contributed by atoms with Crippen LogP contribution in [0.25, 0.3) is 0 Å².